The predicted molar refractivity (Wildman–Crippen MR) is 157 cm³/mol. The van der Waals surface area contributed by atoms with Gasteiger partial charge in [0.1, 0.15) is 13.2 Å². The molecule has 1 heterocycles. The van der Waals surface area contributed by atoms with Crippen LogP contribution < -0.4 is 14.8 Å². The minimum absolute atomic E-state index is 0.196. The number of hydrogen-bond donors (Lipinski definition) is 1. The van der Waals surface area contributed by atoms with Gasteiger partial charge >= 0.3 is 0 Å². The van der Waals surface area contributed by atoms with E-state index in [0.29, 0.717) is 49.9 Å². The van der Waals surface area contributed by atoms with Crippen molar-refractivity contribution in [1.29, 1.82) is 0 Å². The number of rotatable bonds is 9. The molecule has 3 amide bonds. The van der Waals surface area contributed by atoms with Crippen LogP contribution in [0.25, 0.3) is 6.08 Å². The van der Waals surface area contributed by atoms with E-state index in [-0.39, 0.29) is 4.91 Å². The molecule has 1 saturated heterocycles. The highest BCUT2D eigenvalue weighted by atomic mass is 79.9. The molecule has 0 aromatic heterocycles. The highest BCUT2D eigenvalue weighted by Gasteiger charge is 2.36. The van der Waals surface area contributed by atoms with Crippen LogP contribution in [0.3, 0.4) is 0 Å². The van der Waals surface area contributed by atoms with E-state index in [4.69, 9.17) is 21.1 Å². The second kappa shape index (κ2) is 12.8. The zero-order chi connectivity index (χ0) is 27.2. The second-order valence-electron chi connectivity index (χ2n) is 7.98. The fourth-order valence-corrected chi connectivity index (χ4v) is 5.35. The van der Waals surface area contributed by atoms with Gasteiger partial charge in [0.15, 0.2) is 11.5 Å². The zero-order valence-electron chi connectivity index (χ0n) is 20.0. The summed E-state index contributed by atoms with van der Waals surface area (Å²) in [6.45, 7) is 2.20. The van der Waals surface area contributed by atoms with Gasteiger partial charge in [0.2, 0.25) is 5.91 Å². The summed E-state index contributed by atoms with van der Waals surface area (Å²) in [6.07, 6.45) is 1.59. The Hall–Kier alpha value is -2.79. The number of halogens is 3. The summed E-state index contributed by atoms with van der Waals surface area (Å²) in [5.41, 5.74) is 2.09. The van der Waals surface area contributed by atoms with Crippen molar-refractivity contribution in [2.24, 2.45) is 0 Å². The van der Waals surface area contributed by atoms with Crippen molar-refractivity contribution in [3.63, 3.8) is 0 Å². The third kappa shape index (κ3) is 6.99. The van der Waals surface area contributed by atoms with Gasteiger partial charge in [-0.1, -0.05) is 41.9 Å². The summed E-state index contributed by atoms with van der Waals surface area (Å²) >= 11 is 13.7. The van der Waals surface area contributed by atoms with Gasteiger partial charge in [0.25, 0.3) is 11.1 Å². The molecule has 0 bridgehead atoms. The minimum atomic E-state index is -0.553. The highest BCUT2D eigenvalue weighted by Crippen LogP contribution is 2.39. The van der Waals surface area contributed by atoms with E-state index >= 15 is 0 Å². The molecule has 0 saturated carbocycles. The average molecular weight is 681 g/mol. The molecule has 38 heavy (non-hydrogen) atoms. The Morgan fingerprint density at radius 1 is 1.05 bits per heavy atom. The molecule has 0 aliphatic carbocycles. The Morgan fingerprint density at radius 3 is 2.53 bits per heavy atom. The molecule has 0 atom stereocenters. The smallest absolute Gasteiger partial charge is 0.294 e. The van der Waals surface area contributed by atoms with Gasteiger partial charge < -0.3 is 14.8 Å². The van der Waals surface area contributed by atoms with Crippen LogP contribution in [0.15, 0.2) is 74.5 Å². The molecule has 0 radical (unpaired) electrons. The van der Waals surface area contributed by atoms with Crippen LogP contribution in [-0.2, 0) is 16.2 Å². The monoisotopic (exact) mass is 678 g/mol. The lowest BCUT2D eigenvalue weighted by molar-refractivity contribution is -0.127. The molecule has 4 rings (SSSR count). The maximum absolute atomic E-state index is 13.0. The molecule has 1 fully saturated rings. The maximum Gasteiger partial charge on any atom is 0.294 e. The predicted octanol–water partition coefficient (Wildman–Crippen LogP) is 7.52. The molecule has 1 aliphatic heterocycles. The Labute approximate surface area is 245 Å². The van der Waals surface area contributed by atoms with Crippen molar-refractivity contribution < 1.29 is 23.9 Å². The fraction of sp³-hybridized carbons (Fsp3) is 0.148. The summed E-state index contributed by atoms with van der Waals surface area (Å²) < 4.78 is 13.1. The van der Waals surface area contributed by atoms with Crippen molar-refractivity contribution in [1.82, 2.24) is 4.90 Å². The van der Waals surface area contributed by atoms with Crippen molar-refractivity contribution in [2.45, 2.75) is 13.5 Å². The Kier molecular flexibility index (Phi) is 9.54. The van der Waals surface area contributed by atoms with Gasteiger partial charge in [-0.3, -0.25) is 19.3 Å². The summed E-state index contributed by atoms with van der Waals surface area (Å²) in [6, 6.07) is 18.2. The molecule has 0 unspecified atom stereocenters. The van der Waals surface area contributed by atoms with Gasteiger partial charge in [0.05, 0.1) is 21.0 Å². The van der Waals surface area contributed by atoms with Crippen LogP contribution in [-0.4, -0.2) is 35.1 Å². The lowest BCUT2D eigenvalue weighted by Crippen LogP contribution is -2.36. The Bertz CT molecular complexity index is 1420. The van der Waals surface area contributed by atoms with E-state index in [9.17, 15) is 14.4 Å². The number of amides is 3. The number of anilines is 1. The lowest BCUT2D eigenvalue weighted by Gasteiger charge is -2.15. The van der Waals surface area contributed by atoms with Crippen LogP contribution >= 0.6 is 55.2 Å². The largest absolute Gasteiger partial charge is 0.490 e. The van der Waals surface area contributed by atoms with E-state index < -0.39 is 23.6 Å². The number of thioether (sulfide) groups is 1. The van der Waals surface area contributed by atoms with Crippen LogP contribution in [0, 0.1) is 0 Å². The number of nitrogens with zero attached hydrogens (tertiary/aromatic N) is 1. The highest BCUT2D eigenvalue weighted by molar-refractivity contribution is 9.10. The number of benzene rings is 3. The first-order valence-electron chi connectivity index (χ1n) is 11.4. The van der Waals surface area contributed by atoms with Crippen LogP contribution in [0.4, 0.5) is 10.5 Å². The van der Waals surface area contributed by atoms with Crippen molar-refractivity contribution in [3.05, 3.63) is 90.7 Å². The van der Waals surface area contributed by atoms with Gasteiger partial charge in [-0.25, -0.2) is 0 Å². The molecule has 1 aliphatic rings. The van der Waals surface area contributed by atoms with E-state index in [1.165, 1.54) is 0 Å². The number of ether oxygens (including phenoxy) is 2. The third-order valence-electron chi connectivity index (χ3n) is 5.23. The Balaban J connectivity index is 1.48. The fourth-order valence-electron chi connectivity index (χ4n) is 3.51. The van der Waals surface area contributed by atoms with E-state index in [1.54, 1.807) is 36.4 Å². The molecule has 196 valence electrons. The first kappa shape index (κ1) is 28.2. The molecule has 3 aromatic carbocycles. The zero-order valence-corrected chi connectivity index (χ0v) is 24.7. The van der Waals surface area contributed by atoms with E-state index in [2.05, 4.69) is 37.2 Å². The molecule has 3 aromatic rings. The topological polar surface area (TPSA) is 84.9 Å². The standard InChI is InChI=1S/C27H21Br2ClN2O5S/c1-2-36-22-11-17(10-20(29)25(22)37-15-16-6-4-3-5-7-16)12-23-26(34)32(27(35)38-23)14-24(33)31-18-8-9-19(28)21(30)13-18/h3-13H,2,14-15H2,1H3,(H,31,33)/b23-12+. The molecule has 11 heteroatoms. The van der Waals surface area contributed by atoms with Crippen LogP contribution in [0.2, 0.25) is 5.02 Å². The van der Waals surface area contributed by atoms with Gasteiger partial charge in [-0.2, -0.15) is 0 Å². The quantitative estimate of drug-likeness (QED) is 0.236. The SMILES string of the molecule is CCOc1cc(/C=C2/SC(=O)N(CC(=O)Nc3ccc(Br)c(Cl)c3)C2=O)cc(Br)c1OCc1ccccc1. The molecule has 7 nitrogen and oxygen atoms in total. The molecular formula is C27H21Br2ClN2O5S. The van der Waals surface area contributed by atoms with E-state index in [1.807, 2.05) is 37.3 Å². The number of carbonyl (C=O) groups is 3. The molecule has 1 N–H and O–H groups in total. The number of carbonyl (C=O) groups excluding carboxylic acids is 3. The molecule has 0 spiro atoms. The second-order valence-corrected chi connectivity index (χ2v) is 11.1. The average Bonchev–Trinajstić information content (AvgIpc) is 3.13. The van der Waals surface area contributed by atoms with Gasteiger partial charge in [-0.15, -0.1) is 0 Å². The first-order valence-corrected chi connectivity index (χ1v) is 14.2. The summed E-state index contributed by atoms with van der Waals surface area (Å²) in [7, 11) is 0. The normalized spacial score (nSPS) is 14.2. The van der Waals surface area contributed by atoms with Crippen LogP contribution in [0.1, 0.15) is 18.1 Å². The van der Waals surface area contributed by atoms with E-state index in [0.717, 1.165) is 22.2 Å². The number of hydrogen-bond acceptors (Lipinski definition) is 6. The summed E-state index contributed by atoms with van der Waals surface area (Å²) in [5, 5.41) is 2.54. The molecular weight excluding hydrogens is 660 g/mol. The summed E-state index contributed by atoms with van der Waals surface area (Å²) in [4.78, 5) is 39.1. The van der Waals surface area contributed by atoms with Crippen LogP contribution in [0.5, 0.6) is 11.5 Å². The minimum Gasteiger partial charge on any atom is -0.490 e. The van der Waals surface area contributed by atoms with Gasteiger partial charge in [-0.05, 0) is 98.1 Å². The maximum atomic E-state index is 13.0. The first-order chi connectivity index (χ1) is 18.2. The lowest BCUT2D eigenvalue weighted by atomic mass is 10.1. The van der Waals surface area contributed by atoms with Crippen molar-refractivity contribution in [2.75, 3.05) is 18.5 Å². The number of nitrogens with one attached hydrogen (secondary N) is 1. The summed E-state index contributed by atoms with van der Waals surface area (Å²) in [5.74, 6) is -0.0443. The third-order valence-corrected chi connectivity index (χ3v) is 7.96. The number of imide groups is 1. The Morgan fingerprint density at radius 2 is 1.82 bits per heavy atom. The van der Waals surface area contributed by atoms with Gasteiger partial charge in [0, 0.05) is 10.2 Å². The van der Waals surface area contributed by atoms with Crippen molar-refractivity contribution >= 4 is 84.0 Å². The van der Waals surface area contributed by atoms with Crippen molar-refractivity contribution in [3.8, 4) is 11.5 Å².